The van der Waals surface area contributed by atoms with Crippen molar-refractivity contribution in [2.45, 2.75) is 25.5 Å². The highest BCUT2D eigenvalue weighted by molar-refractivity contribution is 7.92. The summed E-state index contributed by atoms with van der Waals surface area (Å²) in [5.41, 5.74) is 3.39. The first-order chi connectivity index (χ1) is 8.94. The molecule has 19 heavy (non-hydrogen) atoms. The van der Waals surface area contributed by atoms with Crippen LogP contribution in [0.25, 0.3) is 11.3 Å². The Morgan fingerprint density at radius 2 is 2.16 bits per heavy atom. The van der Waals surface area contributed by atoms with Gasteiger partial charge in [-0.05, 0) is 17.7 Å². The van der Waals surface area contributed by atoms with Gasteiger partial charge in [-0.3, -0.25) is 4.72 Å². The van der Waals surface area contributed by atoms with E-state index >= 15 is 0 Å². The fourth-order valence-corrected chi connectivity index (χ4v) is 4.16. The lowest BCUT2D eigenvalue weighted by Crippen LogP contribution is -2.05. The van der Waals surface area contributed by atoms with Gasteiger partial charge >= 0.3 is 0 Å². The smallest absolute Gasteiger partial charge is 0.237 e. The van der Waals surface area contributed by atoms with Gasteiger partial charge in [-0.2, -0.15) is 0 Å². The van der Waals surface area contributed by atoms with Gasteiger partial charge in [0.05, 0.1) is 22.1 Å². The van der Waals surface area contributed by atoms with Gasteiger partial charge in [0.1, 0.15) is 0 Å². The van der Waals surface area contributed by atoms with E-state index in [1.807, 2.05) is 23.6 Å². The zero-order chi connectivity index (χ0) is 13.6. The molecular weight excluding hydrogens is 280 g/mol. The van der Waals surface area contributed by atoms with Gasteiger partial charge in [0.15, 0.2) is 0 Å². The summed E-state index contributed by atoms with van der Waals surface area (Å²) >= 11 is 1.64. The largest absolute Gasteiger partial charge is 0.283 e. The van der Waals surface area contributed by atoms with Crippen molar-refractivity contribution in [2.75, 3.05) is 4.72 Å². The van der Waals surface area contributed by atoms with E-state index in [0.29, 0.717) is 11.6 Å². The molecule has 0 unspecified atom stereocenters. The molecule has 6 heteroatoms. The molecule has 1 aromatic carbocycles. The first-order valence-corrected chi connectivity index (χ1v) is 8.57. The number of fused-ring (bicyclic) bond motifs is 1. The first-order valence-electron chi connectivity index (χ1n) is 6.04. The van der Waals surface area contributed by atoms with Crippen molar-refractivity contribution >= 4 is 27.0 Å². The Kier molecular flexibility index (Phi) is 2.87. The normalized spacial score (nSPS) is 16.4. The standard InChI is InChI=1S/C13H14N2O2S2/c1-8(2)13-14-12(6-18-13)9-3-4-11-10(5-9)7-19(16,17)15-11/h3-6,8,15H,7H2,1-2H3. The summed E-state index contributed by atoms with van der Waals surface area (Å²) in [5.74, 6) is 0.465. The van der Waals surface area contributed by atoms with Crippen LogP contribution in [0.5, 0.6) is 0 Å². The summed E-state index contributed by atoms with van der Waals surface area (Å²) in [6.07, 6.45) is 0. The molecule has 0 aliphatic carbocycles. The summed E-state index contributed by atoms with van der Waals surface area (Å²) in [5, 5.41) is 3.12. The number of sulfonamides is 1. The lowest BCUT2D eigenvalue weighted by Gasteiger charge is -2.01. The third-order valence-electron chi connectivity index (χ3n) is 3.03. The predicted octanol–water partition coefficient (Wildman–Crippen LogP) is 3.19. The number of thiazole rings is 1. The highest BCUT2D eigenvalue weighted by Crippen LogP contribution is 2.32. The van der Waals surface area contributed by atoms with Crippen LogP contribution in [0.4, 0.5) is 5.69 Å². The number of benzene rings is 1. The summed E-state index contributed by atoms with van der Waals surface area (Å²) in [6, 6.07) is 5.63. The Labute approximate surface area is 116 Å². The zero-order valence-corrected chi connectivity index (χ0v) is 12.3. The second-order valence-corrected chi connectivity index (χ2v) is 7.57. The first kappa shape index (κ1) is 12.6. The molecule has 0 bridgehead atoms. The molecular formula is C13H14N2O2S2. The van der Waals surface area contributed by atoms with Crippen LogP contribution in [0.2, 0.25) is 0 Å². The second kappa shape index (κ2) is 4.31. The number of aromatic nitrogens is 1. The van der Waals surface area contributed by atoms with E-state index in [1.165, 1.54) is 0 Å². The summed E-state index contributed by atoms with van der Waals surface area (Å²) < 4.78 is 25.5. The Bertz CT molecular complexity index is 733. The van der Waals surface area contributed by atoms with Crippen molar-refractivity contribution in [1.82, 2.24) is 4.98 Å². The lowest BCUT2D eigenvalue weighted by atomic mass is 10.1. The van der Waals surface area contributed by atoms with E-state index in [2.05, 4.69) is 23.6 Å². The SMILES string of the molecule is CC(C)c1nc(-c2ccc3c(c2)CS(=O)(=O)N3)cs1. The van der Waals surface area contributed by atoms with E-state index in [-0.39, 0.29) is 5.75 Å². The van der Waals surface area contributed by atoms with Gasteiger partial charge in [-0.25, -0.2) is 13.4 Å². The van der Waals surface area contributed by atoms with E-state index < -0.39 is 10.0 Å². The molecule has 0 fully saturated rings. The van der Waals surface area contributed by atoms with Crippen LogP contribution >= 0.6 is 11.3 Å². The van der Waals surface area contributed by atoms with Crippen LogP contribution in [-0.2, 0) is 15.8 Å². The van der Waals surface area contributed by atoms with Crippen LogP contribution in [-0.4, -0.2) is 13.4 Å². The minimum absolute atomic E-state index is 0.0529. The molecule has 100 valence electrons. The van der Waals surface area contributed by atoms with E-state index in [0.717, 1.165) is 21.8 Å². The average molecular weight is 294 g/mol. The molecule has 0 amide bonds. The molecule has 0 atom stereocenters. The van der Waals surface area contributed by atoms with Crippen LogP contribution in [0.1, 0.15) is 30.3 Å². The molecule has 0 saturated heterocycles. The van der Waals surface area contributed by atoms with Gasteiger partial charge in [-0.15, -0.1) is 11.3 Å². The van der Waals surface area contributed by atoms with E-state index in [4.69, 9.17) is 0 Å². The molecule has 3 rings (SSSR count). The van der Waals surface area contributed by atoms with Crippen molar-refractivity contribution in [3.8, 4) is 11.3 Å². The maximum absolute atomic E-state index is 11.5. The lowest BCUT2D eigenvalue weighted by molar-refractivity contribution is 0.602. The van der Waals surface area contributed by atoms with Crippen molar-refractivity contribution < 1.29 is 8.42 Å². The number of hydrogen-bond donors (Lipinski definition) is 1. The Balaban J connectivity index is 1.99. The highest BCUT2D eigenvalue weighted by Gasteiger charge is 2.23. The van der Waals surface area contributed by atoms with Crippen LogP contribution < -0.4 is 4.72 Å². The van der Waals surface area contributed by atoms with Crippen LogP contribution in [0.15, 0.2) is 23.6 Å². The number of anilines is 1. The Morgan fingerprint density at radius 3 is 2.84 bits per heavy atom. The molecule has 0 spiro atoms. The molecule has 2 aromatic rings. The maximum Gasteiger partial charge on any atom is 0.237 e. The molecule has 0 radical (unpaired) electrons. The van der Waals surface area contributed by atoms with E-state index in [9.17, 15) is 8.42 Å². The summed E-state index contributed by atoms with van der Waals surface area (Å²) in [6.45, 7) is 4.23. The number of nitrogens with one attached hydrogen (secondary N) is 1. The predicted molar refractivity (Wildman–Crippen MR) is 77.9 cm³/mol. The number of nitrogens with zero attached hydrogens (tertiary/aromatic N) is 1. The monoisotopic (exact) mass is 294 g/mol. The van der Waals surface area contributed by atoms with Crippen LogP contribution in [0.3, 0.4) is 0 Å². The number of rotatable bonds is 2. The quantitative estimate of drug-likeness (QED) is 0.925. The molecule has 4 nitrogen and oxygen atoms in total. The minimum atomic E-state index is -3.18. The average Bonchev–Trinajstić information content (AvgIpc) is 2.89. The molecule has 1 N–H and O–H groups in total. The molecule has 1 aliphatic rings. The van der Waals surface area contributed by atoms with Crippen LogP contribution in [0, 0.1) is 0 Å². The Hall–Kier alpha value is -1.40. The highest BCUT2D eigenvalue weighted by atomic mass is 32.2. The summed E-state index contributed by atoms with van der Waals surface area (Å²) in [7, 11) is -3.18. The summed E-state index contributed by atoms with van der Waals surface area (Å²) in [4.78, 5) is 4.59. The second-order valence-electron chi connectivity index (χ2n) is 4.96. The molecule has 1 aliphatic heterocycles. The zero-order valence-electron chi connectivity index (χ0n) is 10.7. The van der Waals surface area contributed by atoms with E-state index in [1.54, 1.807) is 11.3 Å². The third-order valence-corrected chi connectivity index (χ3v) is 5.40. The Morgan fingerprint density at radius 1 is 1.37 bits per heavy atom. The number of hydrogen-bond acceptors (Lipinski definition) is 4. The third kappa shape index (κ3) is 2.37. The molecule has 2 heterocycles. The van der Waals surface area contributed by atoms with Gasteiger partial charge in [0, 0.05) is 16.9 Å². The molecule has 0 saturated carbocycles. The minimum Gasteiger partial charge on any atom is -0.283 e. The topological polar surface area (TPSA) is 59.1 Å². The van der Waals surface area contributed by atoms with Crippen molar-refractivity contribution in [1.29, 1.82) is 0 Å². The van der Waals surface area contributed by atoms with Gasteiger partial charge < -0.3 is 0 Å². The van der Waals surface area contributed by atoms with Gasteiger partial charge in [0.25, 0.3) is 0 Å². The molecule has 1 aromatic heterocycles. The fraction of sp³-hybridized carbons (Fsp3) is 0.308. The van der Waals surface area contributed by atoms with Gasteiger partial charge in [-0.1, -0.05) is 19.9 Å². The van der Waals surface area contributed by atoms with Crippen molar-refractivity contribution in [2.24, 2.45) is 0 Å². The van der Waals surface area contributed by atoms with Crippen molar-refractivity contribution in [3.05, 3.63) is 34.2 Å². The van der Waals surface area contributed by atoms with Gasteiger partial charge in [0.2, 0.25) is 10.0 Å². The van der Waals surface area contributed by atoms with Crippen molar-refractivity contribution in [3.63, 3.8) is 0 Å². The maximum atomic E-state index is 11.5. The fourth-order valence-electron chi connectivity index (χ4n) is 2.07.